The van der Waals surface area contributed by atoms with Gasteiger partial charge in [-0.05, 0) is 0 Å². The summed E-state index contributed by atoms with van der Waals surface area (Å²) < 4.78 is 14.7. The van der Waals surface area contributed by atoms with E-state index in [0.717, 1.165) is 37.6 Å². The van der Waals surface area contributed by atoms with Gasteiger partial charge >= 0.3 is 188 Å². The normalized spacial score (nSPS) is 10.9. The zero-order valence-electron chi connectivity index (χ0n) is 19.7. The van der Waals surface area contributed by atoms with Crippen LogP contribution in [0.5, 0.6) is 11.5 Å². The van der Waals surface area contributed by atoms with Gasteiger partial charge in [0.1, 0.15) is 0 Å². The van der Waals surface area contributed by atoms with Crippen LogP contribution in [0.3, 0.4) is 0 Å². The number of benzene rings is 2. The molecular formula is C28H42O2Te. The average Bonchev–Trinajstić information content (AvgIpc) is 2.80. The third-order valence-corrected chi connectivity index (χ3v) is 8.32. The van der Waals surface area contributed by atoms with Crippen molar-refractivity contribution in [1.29, 1.82) is 0 Å². The fourth-order valence-corrected chi connectivity index (χ4v) is 5.82. The minimum atomic E-state index is -0.360. The molecule has 2 nitrogen and oxygen atoms in total. The summed E-state index contributed by atoms with van der Waals surface area (Å²) in [5.74, 6) is 2.01. The first-order valence-corrected chi connectivity index (χ1v) is 14.8. The first-order chi connectivity index (χ1) is 15.3. The molecule has 0 bridgehead atoms. The van der Waals surface area contributed by atoms with E-state index in [2.05, 4.69) is 62.4 Å². The molecule has 0 N–H and O–H groups in total. The van der Waals surface area contributed by atoms with Crippen molar-refractivity contribution in [3.05, 3.63) is 48.5 Å². The summed E-state index contributed by atoms with van der Waals surface area (Å²) in [5.41, 5.74) is 0. The van der Waals surface area contributed by atoms with Gasteiger partial charge in [-0.2, -0.15) is 0 Å². The Hall–Kier alpha value is -1.17. The second-order valence-corrected chi connectivity index (χ2v) is 11.6. The molecule has 0 aliphatic rings. The summed E-state index contributed by atoms with van der Waals surface area (Å²) in [6.45, 7) is 6.19. The Labute approximate surface area is 201 Å². The zero-order chi connectivity index (χ0) is 22.0. The molecule has 31 heavy (non-hydrogen) atoms. The van der Waals surface area contributed by atoms with Crippen LogP contribution in [0.4, 0.5) is 0 Å². The van der Waals surface area contributed by atoms with Gasteiger partial charge in [-0.3, -0.25) is 0 Å². The van der Waals surface area contributed by atoms with Gasteiger partial charge < -0.3 is 0 Å². The molecule has 172 valence electrons. The molecule has 0 aliphatic carbocycles. The van der Waals surface area contributed by atoms with E-state index in [1.54, 1.807) is 0 Å². The van der Waals surface area contributed by atoms with Gasteiger partial charge in [-0.25, -0.2) is 0 Å². The molecule has 0 radical (unpaired) electrons. The number of hydrogen-bond donors (Lipinski definition) is 0. The molecule has 0 heterocycles. The van der Waals surface area contributed by atoms with Crippen molar-refractivity contribution in [3.8, 4) is 11.5 Å². The van der Waals surface area contributed by atoms with Gasteiger partial charge in [0.05, 0.1) is 0 Å². The molecule has 0 aliphatic heterocycles. The molecule has 2 rings (SSSR count). The fraction of sp³-hybridized carbons (Fsp3) is 0.571. The van der Waals surface area contributed by atoms with Crippen LogP contribution >= 0.6 is 0 Å². The average molecular weight is 538 g/mol. The molecule has 0 unspecified atom stereocenters. The monoisotopic (exact) mass is 540 g/mol. The van der Waals surface area contributed by atoms with Gasteiger partial charge in [0.25, 0.3) is 0 Å². The van der Waals surface area contributed by atoms with E-state index in [1.165, 1.54) is 71.4 Å². The quantitative estimate of drug-likeness (QED) is 0.153. The van der Waals surface area contributed by atoms with Crippen LogP contribution in [0.25, 0.3) is 0 Å². The SMILES string of the molecule is CCCCCCCCOc1ccc([Te]c2ccc(OCCCCCCCC)cc2)cc1. The van der Waals surface area contributed by atoms with Crippen LogP contribution in [-0.2, 0) is 0 Å². The van der Waals surface area contributed by atoms with Crippen molar-refractivity contribution < 1.29 is 9.47 Å². The van der Waals surface area contributed by atoms with Crippen LogP contribution in [0, 0.1) is 0 Å². The van der Waals surface area contributed by atoms with E-state index in [0.29, 0.717) is 0 Å². The Morgan fingerprint density at radius 1 is 0.484 bits per heavy atom. The number of hydrogen-bond acceptors (Lipinski definition) is 2. The summed E-state index contributed by atoms with van der Waals surface area (Å²) in [4.78, 5) is 0. The minimum absolute atomic E-state index is 0.360. The van der Waals surface area contributed by atoms with Crippen molar-refractivity contribution in [2.45, 2.75) is 90.9 Å². The van der Waals surface area contributed by atoms with Crippen molar-refractivity contribution in [3.63, 3.8) is 0 Å². The summed E-state index contributed by atoms with van der Waals surface area (Å²) in [6, 6.07) is 17.5. The Balaban J connectivity index is 1.61. The molecule has 0 atom stereocenters. The molecule has 2 aromatic carbocycles. The standard InChI is InChI=1S/C28H42O2Te/c1-3-5-7-9-11-13-23-29-25-15-19-27(20-16-25)31-28-21-17-26(18-22-28)30-24-14-12-10-8-6-4-2/h15-22H,3-14,23-24H2,1-2H3. The molecule has 0 saturated heterocycles. The van der Waals surface area contributed by atoms with Crippen molar-refractivity contribution in [1.82, 2.24) is 0 Å². The zero-order valence-corrected chi connectivity index (χ0v) is 22.1. The summed E-state index contributed by atoms with van der Waals surface area (Å²) in [7, 11) is 0. The second kappa shape index (κ2) is 17.4. The van der Waals surface area contributed by atoms with Crippen molar-refractivity contribution >= 4 is 28.1 Å². The van der Waals surface area contributed by atoms with E-state index in [9.17, 15) is 0 Å². The van der Waals surface area contributed by atoms with Gasteiger partial charge in [0.2, 0.25) is 0 Å². The molecule has 0 spiro atoms. The molecule has 0 saturated carbocycles. The van der Waals surface area contributed by atoms with Gasteiger partial charge in [-0.15, -0.1) is 0 Å². The van der Waals surface area contributed by atoms with E-state index >= 15 is 0 Å². The number of ether oxygens (including phenoxy) is 2. The first-order valence-electron chi connectivity index (χ1n) is 12.5. The molecule has 0 fully saturated rings. The van der Waals surface area contributed by atoms with E-state index in [1.807, 2.05) is 0 Å². The van der Waals surface area contributed by atoms with Gasteiger partial charge in [0, 0.05) is 0 Å². The molecule has 2 aromatic rings. The van der Waals surface area contributed by atoms with Crippen LogP contribution in [0.1, 0.15) is 90.9 Å². The van der Waals surface area contributed by atoms with Crippen LogP contribution in [0.15, 0.2) is 48.5 Å². The van der Waals surface area contributed by atoms with Crippen LogP contribution in [0.2, 0.25) is 0 Å². The van der Waals surface area contributed by atoms with Crippen LogP contribution in [-0.4, -0.2) is 34.1 Å². The fourth-order valence-electron chi connectivity index (χ4n) is 3.49. The maximum atomic E-state index is 5.91. The summed E-state index contributed by atoms with van der Waals surface area (Å²) in [6.07, 6.45) is 15.6. The predicted octanol–water partition coefficient (Wildman–Crippen LogP) is 6.82. The van der Waals surface area contributed by atoms with E-state index in [-0.39, 0.29) is 20.9 Å². The Morgan fingerprint density at radius 2 is 0.839 bits per heavy atom. The number of rotatable bonds is 18. The molecule has 0 aromatic heterocycles. The van der Waals surface area contributed by atoms with Crippen molar-refractivity contribution in [2.75, 3.05) is 13.2 Å². The molecule has 3 heteroatoms. The molecular weight excluding hydrogens is 496 g/mol. The van der Waals surface area contributed by atoms with E-state index in [4.69, 9.17) is 9.47 Å². The topological polar surface area (TPSA) is 18.5 Å². The Bertz CT molecular complexity index is 607. The first kappa shape index (κ1) is 26.1. The Morgan fingerprint density at radius 3 is 1.23 bits per heavy atom. The van der Waals surface area contributed by atoms with E-state index < -0.39 is 0 Å². The summed E-state index contributed by atoms with van der Waals surface area (Å²) in [5, 5.41) is 0. The number of unbranched alkanes of at least 4 members (excludes halogenated alkanes) is 10. The van der Waals surface area contributed by atoms with Gasteiger partial charge in [-0.1, -0.05) is 13.8 Å². The second-order valence-electron chi connectivity index (χ2n) is 8.28. The van der Waals surface area contributed by atoms with Gasteiger partial charge in [0.15, 0.2) is 0 Å². The predicted molar refractivity (Wildman–Crippen MR) is 136 cm³/mol. The molecule has 0 amide bonds. The van der Waals surface area contributed by atoms with Crippen molar-refractivity contribution in [2.24, 2.45) is 0 Å². The summed E-state index contributed by atoms with van der Waals surface area (Å²) >= 11 is -0.360. The van der Waals surface area contributed by atoms with Crippen LogP contribution < -0.4 is 16.7 Å². The maximum absolute atomic E-state index is 5.91. The third kappa shape index (κ3) is 12.4. The Kier molecular flexibility index (Phi) is 14.6. The third-order valence-electron chi connectivity index (χ3n) is 5.42.